The first-order valence-corrected chi connectivity index (χ1v) is 5.39. The highest BCUT2D eigenvalue weighted by molar-refractivity contribution is 5.83. The average molecular weight is 267 g/mol. The van der Waals surface area contributed by atoms with Crippen molar-refractivity contribution in [3.05, 3.63) is 29.3 Å². The highest BCUT2D eigenvalue weighted by Gasteiger charge is 2.10. The molecule has 0 aliphatic carbocycles. The Kier molecular flexibility index (Phi) is 4.87. The van der Waals surface area contributed by atoms with Gasteiger partial charge in [-0.3, -0.25) is 14.4 Å². The molecule has 0 saturated heterocycles. The molecule has 0 unspecified atom stereocenters. The molecule has 7 heteroatoms. The third kappa shape index (κ3) is 5.07. The standard InChI is InChI=1S/C12H13NO6/c14-9-2-1-7(3-8(9)5-11(16)17)4-10(15)13-6-12(18)19/h1-3,14H,4-6H2,(H,13,15)(H,16,17)(H,18,19). The van der Waals surface area contributed by atoms with Crippen molar-refractivity contribution in [1.29, 1.82) is 0 Å². The summed E-state index contributed by atoms with van der Waals surface area (Å²) in [7, 11) is 0. The Morgan fingerprint density at radius 3 is 2.32 bits per heavy atom. The Hall–Kier alpha value is -2.57. The minimum atomic E-state index is -1.15. The number of amides is 1. The third-order valence-electron chi connectivity index (χ3n) is 2.29. The molecule has 0 aliphatic heterocycles. The minimum Gasteiger partial charge on any atom is -0.508 e. The molecule has 0 saturated carbocycles. The Bertz CT molecular complexity index is 511. The fourth-order valence-corrected chi connectivity index (χ4v) is 1.48. The van der Waals surface area contributed by atoms with Crippen LogP contribution in [0.3, 0.4) is 0 Å². The highest BCUT2D eigenvalue weighted by atomic mass is 16.4. The van der Waals surface area contributed by atoms with Crippen molar-refractivity contribution in [3.63, 3.8) is 0 Å². The van der Waals surface area contributed by atoms with Gasteiger partial charge in [0.1, 0.15) is 12.3 Å². The van der Waals surface area contributed by atoms with E-state index in [0.717, 1.165) is 0 Å². The number of rotatable bonds is 6. The first kappa shape index (κ1) is 14.5. The van der Waals surface area contributed by atoms with E-state index in [1.807, 2.05) is 0 Å². The number of hydrogen-bond acceptors (Lipinski definition) is 4. The van der Waals surface area contributed by atoms with E-state index in [1.165, 1.54) is 18.2 Å². The predicted octanol–water partition coefficient (Wildman–Crippen LogP) is -0.237. The summed E-state index contributed by atoms with van der Waals surface area (Å²) < 4.78 is 0. The van der Waals surface area contributed by atoms with E-state index in [9.17, 15) is 19.5 Å². The number of carboxylic acid groups (broad SMARTS) is 2. The summed E-state index contributed by atoms with van der Waals surface area (Å²) in [6.45, 7) is -0.473. The van der Waals surface area contributed by atoms with Crippen LogP contribution >= 0.6 is 0 Å². The molecule has 1 aromatic carbocycles. The largest absolute Gasteiger partial charge is 0.508 e. The van der Waals surface area contributed by atoms with Crippen molar-refractivity contribution >= 4 is 17.8 Å². The zero-order valence-electron chi connectivity index (χ0n) is 9.92. The number of phenols is 1. The van der Waals surface area contributed by atoms with Gasteiger partial charge in [-0.15, -0.1) is 0 Å². The summed E-state index contributed by atoms with van der Waals surface area (Å²) in [5.74, 6) is -2.89. The van der Waals surface area contributed by atoms with Crippen LogP contribution in [0.1, 0.15) is 11.1 Å². The lowest BCUT2D eigenvalue weighted by Crippen LogP contribution is -2.30. The van der Waals surface area contributed by atoms with E-state index in [4.69, 9.17) is 10.2 Å². The molecule has 1 amide bonds. The van der Waals surface area contributed by atoms with Crippen molar-refractivity contribution in [2.75, 3.05) is 6.54 Å². The first-order valence-electron chi connectivity index (χ1n) is 5.39. The normalized spacial score (nSPS) is 9.89. The lowest BCUT2D eigenvalue weighted by molar-refractivity contribution is -0.138. The maximum atomic E-state index is 11.4. The van der Waals surface area contributed by atoms with Crippen LogP contribution in [0.5, 0.6) is 5.75 Å². The lowest BCUT2D eigenvalue weighted by Gasteiger charge is -2.06. The SMILES string of the molecule is O=C(O)CNC(=O)Cc1ccc(O)c(CC(=O)O)c1. The molecular weight excluding hydrogens is 254 g/mol. The number of benzene rings is 1. The van der Waals surface area contributed by atoms with Gasteiger partial charge < -0.3 is 20.6 Å². The van der Waals surface area contributed by atoms with Gasteiger partial charge in [0.25, 0.3) is 0 Å². The van der Waals surface area contributed by atoms with Gasteiger partial charge in [0.05, 0.1) is 12.8 Å². The molecular formula is C12H13NO6. The van der Waals surface area contributed by atoms with Gasteiger partial charge in [-0.1, -0.05) is 12.1 Å². The summed E-state index contributed by atoms with van der Waals surface area (Å²) in [5, 5.41) is 28.7. The number of aromatic hydroxyl groups is 1. The summed E-state index contributed by atoms with van der Waals surface area (Å²) in [5.41, 5.74) is 0.702. The molecule has 1 aromatic rings. The number of carboxylic acids is 2. The maximum absolute atomic E-state index is 11.4. The molecule has 4 N–H and O–H groups in total. The lowest BCUT2D eigenvalue weighted by atomic mass is 10.0. The van der Waals surface area contributed by atoms with Crippen molar-refractivity contribution in [1.82, 2.24) is 5.32 Å². The molecule has 0 aromatic heterocycles. The van der Waals surface area contributed by atoms with Crippen molar-refractivity contribution < 1.29 is 29.7 Å². The second-order valence-corrected chi connectivity index (χ2v) is 3.88. The molecule has 0 heterocycles. The van der Waals surface area contributed by atoms with E-state index in [0.29, 0.717) is 5.56 Å². The second-order valence-electron chi connectivity index (χ2n) is 3.88. The second kappa shape index (κ2) is 6.39. The summed E-state index contributed by atoms with van der Waals surface area (Å²) in [6, 6.07) is 4.18. The molecule has 0 spiro atoms. The van der Waals surface area contributed by atoms with E-state index in [-0.39, 0.29) is 24.2 Å². The number of aliphatic carboxylic acids is 2. The molecule has 0 aliphatic rings. The van der Waals surface area contributed by atoms with E-state index >= 15 is 0 Å². The van der Waals surface area contributed by atoms with E-state index < -0.39 is 24.4 Å². The summed E-state index contributed by atoms with van der Waals surface area (Å²) >= 11 is 0. The van der Waals surface area contributed by atoms with E-state index in [1.54, 1.807) is 0 Å². The molecule has 0 fully saturated rings. The molecule has 7 nitrogen and oxygen atoms in total. The zero-order valence-corrected chi connectivity index (χ0v) is 9.92. The molecule has 0 atom stereocenters. The van der Waals surface area contributed by atoms with Crippen LogP contribution in [0.25, 0.3) is 0 Å². The van der Waals surface area contributed by atoms with Crippen LogP contribution in [-0.2, 0) is 27.2 Å². The average Bonchev–Trinajstić information content (AvgIpc) is 2.30. The Balaban J connectivity index is 2.71. The Labute approximate surface area is 108 Å². The Morgan fingerprint density at radius 2 is 1.74 bits per heavy atom. The molecule has 0 radical (unpaired) electrons. The van der Waals surface area contributed by atoms with Gasteiger partial charge in [-0.25, -0.2) is 0 Å². The van der Waals surface area contributed by atoms with Gasteiger partial charge in [-0.2, -0.15) is 0 Å². The van der Waals surface area contributed by atoms with Crippen molar-refractivity contribution in [2.24, 2.45) is 0 Å². The van der Waals surface area contributed by atoms with Crippen LogP contribution in [0.2, 0.25) is 0 Å². The minimum absolute atomic E-state index is 0.0832. The zero-order chi connectivity index (χ0) is 14.4. The predicted molar refractivity (Wildman–Crippen MR) is 63.8 cm³/mol. The van der Waals surface area contributed by atoms with Crippen LogP contribution in [-0.4, -0.2) is 39.7 Å². The topological polar surface area (TPSA) is 124 Å². The van der Waals surface area contributed by atoms with Gasteiger partial charge in [-0.05, 0) is 11.6 Å². The van der Waals surface area contributed by atoms with Gasteiger partial charge in [0, 0.05) is 5.56 Å². The van der Waals surface area contributed by atoms with Gasteiger partial charge >= 0.3 is 11.9 Å². The van der Waals surface area contributed by atoms with Crippen LogP contribution in [0.4, 0.5) is 0 Å². The molecule has 1 rings (SSSR count). The Morgan fingerprint density at radius 1 is 1.05 bits per heavy atom. The fourth-order valence-electron chi connectivity index (χ4n) is 1.48. The number of carbonyl (C=O) groups is 3. The van der Waals surface area contributed by atoms with E-state index in [2.05, 4.69) is 5.32 Å². The van der Waals surface area contributed by atoms with Crippen LogP contribution < -0.4 is 5.32 Å². The van der Waals surface area contributed by atoms with Gasteiger partial charge in [0.15, 0.2) is 0 Å². The number of nitrogens with one attached hydrogen (secondary N) is 1. The maximum Gasteiger partial charge on any atom is 0.322 e. The van der Waals surface area contributed by atoms with Crippen molar-refractivity contribution in [2.45, 2.75) is 12.8 Å². The van der Waals surface area contributed by atoms with Crippen LogP contribution in [0, 0.1) is 0 Å². The summed E-state index contributed by atoms with van der Waals surface area (Å²) in [4.78, 5) is 32.2. The monoisotopic (exact) mass is 267 g/mol. The third-order valence-corrected chi connectivity index (χ3v) is 2.29. The van der Waals surface area contributed by atoms with Crippen molar-refractivity contribution in [3.8, 4) is 5.75 Å². The number of carbonyl (C=O) groups excluding carboxylic acids is 1. The highest BCUT2D eigenvalue weighted by Crippen LogP contribution is 2.19. The first-order chi connectivity index (χ1) is 8.88. The van der Waals surface area contributed by atoms with Crippen LogP contribution in [0.15, 0.2) is 18.2 Å². The summed E-state index contributed by atoms with van der Waals surface area (Å²) in [6.07, 6.45) is -0.434. The number of phenolic OH excluding ortho intramolecular Hbond substituents is 1. The quantitative estimate of drug-likeness (QED) is 0.564. The molecule has 19 heavy (non-hydrogen) atoms. The smallest absolute Gasteiger partial charge is 0.322 e. The molecule has 0 bridgehead atoms. The fraction of sp³-hybridized carbons (Fsp3) is 0.250. The molecule has 102 valence electrons. The van der Waals surface area contributed by atoms with Gasteiger partial charge in [0.2, 0.25) is 5.91 Å². The number of hydrogen-bond donors (Lipinski definition) is 4.